The average molecular weight is 281 g/mol. The van der Waals surface area contributed by atoms with Crippen LogP contribution in [0.5, 0.6) is 0 Å². The van der Waals surface area contributed by atoms with E-state index in [1.165, 1.54) is 17.0 Å². The molecule has 102 valence electrons. The highest BCUT2D eigenvalue weighted by Crippen LogP contribution is 2.30. The van der Waals surface area contributed by atoms with Gasteiger partial charge in [0.25, 0.3) is 0 Å². The van der Waals surface area contributed by atoms with Crippen LogP contribution in [0.15, 0.2) is 35.7 Å². The van der Waals surface area contributed by atoms with Crippen LogP contribution in [0, 0.1) is 0 Å². The van der Waals surface area contributed by atoms with Gasteiger partial charge >= 0.3 is 6.09 Å². The smallest absolute Gasteiger partial charge is 0.414 e. The van der Waals surface area contributed by atoms with E-state index in [0.717, 1.165) is 11.8 Å². The summed E-state index contributed by atoms with van der Waals surface area (Å²) in [7, 11) is -3.29. The number of rotatable bonds is 3. The van der Waals surface area contributed by atoms with E-state index in [9.17, 15) is 13.2 Å². The van der Waals surface area contributed by atoms with Crippen molar-refractivity contribution >= 4 is 21.6 Å². The van der Waals surface area contributed by atoms with Gasteiger partial charge in [-0.05, 0) is 24.1 Å². The Morgan fingerprint density at radius 1 is 1.53 bits per heavy atom. The van der Waals surface area contributed by atoms with Crippen LogP contribution >= 0.6 is 0 Å². The van der Waals surface area contributed by atoms with Gasteiger partial charge < -0.3 is 4.74 Å². The van der Waals surface area contributed by atoms with Crippen LogP contribution in [0.25, 0.3) is 0 Å². The van der Waals surface area contributed by atoms with Gasteiger partial charge in [0.15, 0.2) is 9.84 Å². The number of carbonyl (C=O) groups excluding carboxylic acids is 1. The van der Waals surface area contributed by atoms with Gasteiger partial charge in [-0.1, -0.05) is 18.7 Å². The van der Waals surface area contributed by atoms with E-state index in [2.05, 4.69) is 6.58 Å². The second-order valence-corrected chi connectivity index (χ2v) is 6.35. The number of amides is 1. The van der Waals surface area contributed by atoms with Crippen molar-refractivity contribution in [1.82, 2.24) is 0 Å². The third-order valence-electron chi connectivity index (χ3n) is 2.93. The number of fused-ring (bicyclic) bond motifs is 1. The average Bonchev–Trinajstić information content (AvgIpc) is 2.77. The Bertz CT molecular complexity index is 622. The van der Waals surface area contributed by atoms with Crippen LogP contribution < -0.4 is 4.90 Å². The summed E-state index contributed by atoms with van der Waals surface area (Å²) >= 11 is 0. The Labute approximate surface area is 112 Å². The van der Waals surface area contributed by atoms with Crippen LogP contribution in [0.2, 0.25) is 0 Å². The molecule has 0 saturated heterocycles. The van der Waals surface area contributed by atoms with E-state index in [-0.39, 0.29) is 11.5 Å². The molecule has 0 radical (unpaired) electrons. The highest BCUT2D eigenvalue weighted by Gasteiger charge is 2.26. The van der Waals surface area contributed by atoms with Crippen molar-refractivity contribution in [3.8, 4) is 0 Å². The lowest BCUT2D eigenvalue weighted by atomic mass is 10.2. The Balaban J connectivity index is 2.32. The molecule has 1 aliphatic rings. The fraction of sp³-hybridized carbons (Fsp3) is 0.308. The minimum absolute atomic E-state index is 0.135. The van der Waals surface area contributed by atoms with Crippen molar-refractivity contribution in [2.24, 2.45) is 0 Å². The first kappa shape index (κ1) is 13.6. The quantitative estimate of drug-likeness (QED) is 0.792. The molecule has 0 atom stereocenters. The van der Waals surface area contributed by atoms with E-state index in [1.54, 1.807) is 12.1 Å². The number of hydrogen-bond acceptors (Lipinski definition) is 4. The second kappa shape index (κ2) is 5.05. The van der Waals surface area contributed by atoms with Crippen molar-refractivity contribution in [2.75, 3.05) is 24.3 Å². The minimum atomic E-state index is -3.29. The Kier molecular flexibility index (Phi) is 3.61. The molecule has 19 heavy (non-hydrogen) atoms. The minimum Gasteiger partial charge on any atom is -0.445 e. The molecule has 6 heteroatoms. The molecule has 0 unspecified atom stereocenters. The zero-order valence-electron chi connectivity index (χ0n) is 10.6. The van der Waals surface area contributed by atoms with Crippen molar-refractivity contribution in [3.63, 3.8) is 0 Å². The molecule has 2 rings (SSSR count). The fourth-order valence-corrected chi connectivity index (χ4v) is 2.63. The molecule has 1 heterocycles. The first-order valence-electron chi connectivity index (χ1n) is 5.81. The van der Waals surface area contributed by atoms with Crippen molar-refractivity contribution in [1.29, 1.82) is 0 Å². The lowest BCUT2D eigenvalue weighted by Crippen LogP contribution is -2.29. The standard InChI is InChI=1S/C13H15NO4S/c1-3-8-18-13(15)14-7-6-10-4-5-11(9-12(10)14)19(2,16)17/h3-5,9H,1,6-8H2,2H3. The predicted molar refractivity (Wildman–Crippen MR) is 72.1 cm³/mol. The first-order chi connectivity index (χ1) is 8.93. The predicted octanol–water partition coefficient (Wildman–Crippen LogP) is 1.78. The number of benzene rings is 1. The molecule has 1 aromatic rings. The zero-order valence-corrected chi connectivity index (χ0v) is 11.4. The van der Waals surface area contributed by atoms with Crippen molar-refractivity contribution in [2.45, 2.75) is 11.3 Å². The number of ether oxygens (including phenoxy) is 1. The molecule has 0 aromatic heterocycles. The molecular weight excluding hydrogens is 266 g/mol. The monoisotopic (exact) mass is 281 g/mol. The van der Waals surface area contributed by atoms with Crippen molar-refractivity contribution < 1.29 is 17.9 Å². The largest absolute Gasteiger partial charge is 0.445 e. The van der Waals surface area contributed by atoms with E-state index >= 15 is 0 Å². The van der Waals surface area contributed by atoms with Crippen LogP contribution in [0.3, 0.4) is 0 Å². The van der Waals surface area contributed by atoms with Gasteiger partial charge in [0.05, 0.1) is 10.6 Å². The second-order valence-electron chi connectivity index (χ2n) is 4.33. The number of sulfone groups is 1. The van der Waals surface area contributed by atoms with Crippen LogP contribution in [0.1, 0.15) is 5.56 Å². The van der Waals surface area contributed by atoms with E-state index in [4.69, 9.17) is 4.74 Å². The summed E-state index contributed by atoms with van der Waals surface area (Å²) in [4.78, 5) is 13.5. The third-order valence-corrected chi connectivity index (χ3v) is 4.04. The normalized spacial score (nSPS) is 14.1. The highest BCUT2D eigenvalue weighted by molar-refractivity contribution is 7.90. The third kappa shape index (κ3) is 2.78. The first-order valence-corrected chi connectivity index (χ1v) is 7.71. The number of nitrogens with zero attached hydrogens (tertiary/aromatic N) is 1. The van der Waals surface area contributed by atoms with Crippen molar-refractivity contribution in [3.05, 3.63) is 36.4 Å². The summed E-state index contributed by atoms with van der Waals surface area (Å²) in [5.74, 6) is 0. The summed E-state index contributed by atoms with van der Waals surface area (Å²) in [6, 6.07) is 4.83. The van der Waals surface area contributed by atoms with Gasteiger partial charge in [0.1, 0.15) is 6.61 Å². The molecule has 1 aromatic carbocycles. The summed E-state index contributed by atoms with van der Waals surface area (Å²) in [5.41, 5.74) is 1.56. The van der Waals surface area contributed by atoms with E-state index in [0.29, 0.717) is 18.7 Å². The maximum Gasteiger partial charge on any atom is 0.414 e. The van der Waals surface area contributed by atoms with Crippen LogP contribution in [0.4, 0.5) is 10.5 Å². The molecule has 0 fully saturated rings. The zero-order chi connectivity index (χ0) is 14.0. The number of anilines is 1. The van der Waals surface area contributed by atoms with Gasteiger partial charge in [0, 0.05) is 12.8 Å². The topological polar surface area (TPSA) is 63.7 Å². The number of hydrogen-bond donors (Lipinski definition) is 0. The molecule has 1 aliphatic heterocycles. The fourth-order valence-electron chi connectivity index (χ4n) is 1.99. The van der Waals surface area contributed by atoms with Gasteiger partial charge in [-0.15, -0.1) is 0 Å². The lowest BCUT2D eigenvalue weighted by molar-refractivity contribution is 0.166. The maximum atomic E-state index is 11.8. The molecule has 0 N–H and O–H groups in total. The summed E-state index contributed by atoms with van der Waals surface area (Å²) in [6.45, 7) is 4.11. The molecular formula is C13H15NO4S. The molecule has 0 bridgehead atoms. The summed E-state index contributed by atoms with van der Waals surface area (Å²) in [6.07, 6.45) is 2.85. The van der Waals surface area contributed by atoms with Gasteiger partial charge in [-0.3, -0.25) is 4.90 Å². The van der Waals surface area contributed by atoms with Crippen LogP contribution in [-0.2, 0) is 21.0 Å². The van der Waals surface area contributed by atoms with Gasteiger partial charge in [-0.25, -0.2) is 13.2 Å². The van der Waals surface area contributed by atoms with E-state index in [1.807, 2.05) is 0 Å². The Hall–Kier alpha value is -1.82. The van der Waals surface area contributed by atoms with Gasteiger partial charge in [0.2, 0.25) is 0 Å². The number of carbonyl (C=O) groups is 1. The SMILES string of the molecule is C=CCOC(=O)N1CCc2ccc(S(C)(=O)=O)cc21. The summed E-state index contributed by atoms with van der Waals surface area (Å²) in [5, 5.41) is 0. The lowest BCUT2D eigenvalue weighted by Gasteiger charge is -2.16. The maximum absolute atomic E-state index is 11.8. The Morgan fingerprint density at radius 3 is 2.89 bits per heavy atom. The molecule has 0 spiro atoms. The Morgan fingerprint density at radius 2 is 2.26 bits per heavy atom. The molecule has 1 amide bonds. The molecule has 0 saturated carbocycles. The van der Waals surface area contributed by atoms with Gasteiger partial charge in [-0.2, -0.15) is 0 Å². The van der Waals surface area contributed by atoms with E-state index < -0.39 is 15.9 Å². The molecule has 5 nitrogen and oxygen atoms in total. The summed E-state index contributed by atoms with van der Waals surface area (Å²) < 4.78 is 28.0. The molecule has 0 aliphatic carbocycles. The highest BCUT2D eigenvalue weighted by atomic mass is 32.2. The van der Waals surface area contributed by atoms with Crippen LogP contribution in [-0.4, -0.2) is 33.9 Å².